The van der Waals surface area contributed by atoms with E-state index in [-0.39, 0.29) is 6.61 Å². The first-order valence-electron chi connectivity index (χ1n) is 4.62. The lowest BCUT2D eigenvalue weighted by atomic mass is 10.1. The minimum Gasteiger partial charge on any atom is -0.396 e. The molecule has 4 nitrogen and oxygen atoms in total. The predicted molar refractivity (Wildman–Crippen MR) is 54.8 cm³/mol. The maximum absolute atomic E-state index is 8.80. The Morgan fingerprint density at radius 3 is 3.00 bits per heavy atom. The summed E-state index contributed by atoms with van der Waals surface area (Å²) in [6.45, 7) is 0.591. The Hall–Kier alpha value is -1.39. The molecule has 0 radical (unpaired) electrons. The molecule has 0 spiro atoms. The molecule has 1 heterocycles. The van der Waals surface area contributed by atoms with E-state index in [2.05, 4.69) is 9.97 Å². The topological polar surface area (TPSA) is 74.9 Å². The van der Waals surface area contributed by atoms with E-state index in [4.69, 9.17) is 10.8 Å². The number of H-pyrrole nitrogens is 1. The summed E-state index contributed by atoms with van der Waals surface area (Å²) in [7, 11) is 0. The molecule has 0 unspecified atom stereocenters. The summed E-state index contributed by atoms with van der Waals surface area (Å²) in [6, 6.07) is 5.91. The van der Waals surface area contributed by atoms with Gasteiger partial charge in [0, 0.05) is 6.61 Å². The van der Waals surface area contributed by atoms with Crippen LogP contribution in [0.2, 0.25) is 0 Å². The highest BCUT2D eigenvalue weighted by atomic mass is 16.2. The van der Waals surface area contributed by atoms with Crippen molar-refractivity contribution in [1.29, 1.82) is 0 Å². The molecule has 74 valence electrons. The van der Waals surface area contributed by atoms with E-state index in [1.54, 1.807) is 0 Å². The third-order valence-corrected chi connectivity index (χ3v) is 2.19. The second-order valence-electron chi connectivity index (χ2n) is 3.21. The molecule has 2 rings (SSSR count). The Kier molecular flexibility index (Phi) is 2.47. The lowest BCUT2D eigenvalue weighted by molar-refractivity contribution is 0.299. The number of hydrogen-bond acceptors (Lipinski definition) is 3. The van der Waals surface area contributed by atoms with Crippen LogP contribution in [0, 0.1) is 0 Å². The van der Waals surface area contributed by atoms with Crippen molar-refractivity contribution in [2.45, 2.75) is 13.0 Å². The highest BCUT2D eigenvalue weighted by molar-refractivity contribution is 5.75. The van der Waals surface area contributed by atoms with Gasteiger partial charge in [-0.1, -0.05) is 6.07 Å². The second-order valence-corrected chi connectivity index (χ2v) is 3.21. The Morgan fingerprint density at radius 2 is 2.29 bits per heavy atom. The third-order valence-electron chi connectivity index (χ3n) is 2.19. The van der Waals surface area contributed by atoms with Gasteiger partial charge in [0.05, 0.1) is 17.6 Å². The molecule has 2 aromatic rings. The maximum Gasteiger partial charge on any atom is 0.121 e. The van der Waals surface area contributed by atoms with Crippen molar-refractivity contribution >= 4 is 11.0 Å². The smallest absolute Gasteiger partial charge is 0.121 e. The quantitative estimate of drug-likeness (QED) is 0.663. The molecule has 0 amide bonds. The molecule has 0 atom stereocenters. The van der Waals surface area contributed by atoms with Gasteiger partial charge < -0.3 is 15.8 Å². The first kappa shape index (κ1) is 9.18. The van der Waals surface area contributed by atoms with Gasteiger partial charge in [-0.05, 0) is 24.1 Å². The monoisotopic (exact) mass is 191 g/mol. The molecule has 0 bridgehead atoms. The molecule has 0 aliphatic rings. The van der Waals surface area contributed by atoms with Gasteiger partial charge in [0.2, 0.25) is 0 Å². The fourth-order valence-corrected chi connectivity index (χ4v) is 1.49. The number of aliphatic hydroxyl groups is 1. The van der Waals surface area contributed by atoms with Crippen LogP contribution in [-0.2, 0) is 13.0 Å². The van der Waals surface area contributed by atoms with Gasteiger partial charge >= 0.3 is 0 Å². The van der Waals surface area contributed by atoms with E-state index in [9.17, 15) is 0 Å². The minimum absolute atomic E-state index is 0.170. The molecule has 1 aromatic heterocycles. The second kappa shape index (κ2) is 3.77. The first-order chi connectivity index (χ1) is 6.83. The Labute approximate surface area is 81.8 Å². The summed E-state index contributed by atoms with van der Waals surface area (Å²) in [4.78, 5) is 7.42. The number of aliphatic hydroxyl groups excluding tert-OH is 1. The number of nitrogens with one attached hydrogen (secondary N) is 1. The molecule has 0 fully saturated rings. The lowest BCUT2D eigenvalue weighted by Crippen LogP contribution is -1.97. The molecule has 0 saturated heterocycles. The van der Waals surface area contributed by atoms with Crippen LogP contribution in [0.15, 0.2) is 18.2 Å². The van der Waals surface area contributed by atoms with Gasteiger partial charge in [-0.15, -0.1) is 0 Å². The van der Waals surface area contributed by atoms with Crippen LogP contribution in [-0.4, -0.2) is 21.7 Å². The number of aromatic amines is 1. The van der Waals surface area contributed by atoms with E-state index in [0.29, 0.717) is 13.0 Å². The average molecular weight is 191 g/mol. The van der Waals surface area contributed by atoms with Crippen molar-refractivity contribution in [3.63, 3.8) is 0 Å². The summed E-state index contributed by atoms with van der Waals surface area (Å²) < 4.78 is 0. The van der Waals surface area contributed by atoms with Crippen molar-refractivity contribution in [2.75, 3.05) is 6.61 Å². The minimum atomic E-state index is 0.170. The number of nitrogens with zero attached hydrogens (tertiary/aromatic N) is 1. The Bertz CT molecular complexity index is 436. The van der Waals surface area contributed by atoms with Crippen LogP contribution in [0.3, 0.4) is 0 Å². The van der Waals surface area contributed by atoms with E-state index < -0.39 is 0 Å². The summed E-state index contributed by atoms with van der Waals surface area (Å²) in [6.07, 6.45) is 0.674. The average Bonchev–Trinajstić information content (AvgIpc) is 2.60. The fraction of sp³-hybridized carbons (Fsp3) is 0.300. The van der Waals surface area contributed by atoms with Crippen LogP contribution in [0.5, 0.6) is 0 Å². The molecular formula is C10H13N3O. The van der Waals surface area contributed by atoms with Crippen molar-refractivity contribution in [3.8, 4) is 0 Å². The van der Waals surface area contributed by atoms with Gasteiger partial charge in [0.1, 0.15) is 5.82 Å². The number of rotatable bonds is 3. The Morgan fingerprint density at radius 1 is 1.43 bits per heavy atom. The molecule has 0 aliphatic carbocycles. The van der Waals surface area contributed by atoms with Gasteiger partial charge in [-0.25, -0.2) is 4.98 Å². The van der Waals surface area contributed by atoms with Crippen LogP contribution in [0.1, 0.15) is 11.4 Å². The van der Waals surface area contributed by atoms with Crippen LogP contribution in [0.4, 0.5) is 0 Å². The third kappa shape index (κ3) is 1.62. The predicted octanol–water partition coefficient (Wildman–Crippen LogP) is 0.556. The van der Waals surface area contributed by atoms with Crippen molar-refractivity contribution in [1.82, 2.24) is 9.97 Å². The number of imidazole rings is 1. The van der Waals surface area contributed by atoms with Crippen molar-refractivity contribution in [2.24, 2.45) is 5.73 Å². The Balaban J connectivity index is 2.43. The highest BCUT2D eigenvalue weighted by Gasteiger charge is 2.01. The van der Waals surface area contributed by atoms with E-state index in [0.717, 1.165) is 22.4 Å². The van der Waals surface area contributed by atoms with Gasteiger partial charge in [0.25, 0.3) is 0 Å². The molecule has 0 saturated carbocycles. The SMILES string of the molecule is NCc1nc2ccc(CCO)cc2[nH]1. The maximum atomic E-state index is 8.80. The zero-order chi connectivity index (χ0) is 9.97. The van der Waals surface area contributed by atoms with Crippen molar-refractivity contribution < 1.29 is 5.11 Å². The molecule has 14 heavy (non-hydrogen) atoms. The van der Waals surface area contributed by atoms with Crippen LogP contribution in [0.25, 0.3) is 11.0 Å². The lowest BCUT2D eigenvalue weighted by Gasteiger charge is -1.96. The summed E-state index contributed by atoms with van der Waals surface area (Å²) in [5, 5.41) is 8.80. The number of aromatic nitrogens is 2. The first-order valence-corrected chi connectivity index (χ1v) is 4.62. The standard InChI is InChI=1S/C10H13N3O/c11-6-10-12-8-2-1-7(3-4-14)5-9(8)13-10/h1-2,5,14H,3-4,6,11H2,(H,12,13). The normalized spacial score (nSPS) is 11.0. The van der Waals surface area contributed by atoms with Gasteiger partial charge in [-0.2, -0.15) is 0 Å². The number of fused-ring (bicyclic) bond motifs is 1. The van der Waals surface area contributed by atoms with Crippen LogP contribution >= 0.6 is 0 Å². The molecule has 4 N–H and O–H groups in total. The summed E-state index contributed by atoms with van der Waals surface area (Å²) >= 11 is 0. The zero-order valence-corrected chi connectivity index (χ0v) is 7.83. The molecule has 1 aromatic carbocycles. The number of benzene rings is 1. The van der Waals surface area contributed by atoms with E-state index in [1.165, 1.54) is 0 Å². The number of nitrogens with two attached hydrogens (primary N) is 1. The van der Waals surface area contributed by atoms with Crippen LogP contribution < -0.4 is 5.73 Å². The largest absolute Gasteiger partial charge is 0.396 e. The highest BCUT2D eigenvalue weighted by Crippen LogP contribution is 2.13. The summed E-state index contributed by atoms with van der Waals surface area (Å²) in [5.41, 5.74) is 8.49. The van der Waals surface area contributed by atoms with E-state index in [1.807, 2.05) is 18.2 Å². The van der Waals surface area contributed by atoms with Crippen molar-refractivity contribution in [3.05, 3.63) is 29.6 Å². The zero-order valence-electron chi connectivity index (χ0n) is 7.83. The number of hydrogen-bond donors (Lipinski definition) is 3. The molecule has 4 heteroatoms. The van der Waals surface area contributed by atoms with Gasteiger partial charge in [0.15, 0.2) is 0 Å². The fourth-order valence-electron chi connectivity index (χ4n) is 1.49. The van der Waals surface area contributed by atoms with Gasteiger partial charge in [-0.3, -0.25) is 0 Å². The molecule has 0 aliphatic heterocycles. The molecular weight excluding hydrogens is 178 g/mol. The van der Waals surface area contributed by atoms with E-state index >= 15 is 0 Å². The summed E-state index contributed by atoms with van der Waals surface area (Å²) in [5.74, 6) is 0.793.